The molecule has 2 heterocycles. The lowest BCUT2D eigenvalue weighted by Gasteiger charge is -2.09. The normalized spacial score (nSPS) is 10.6. The quantitative estimate of drug-likeness (QED) is 0.920. The Bertz CT molecular complexity index is 523. The Kier molecular flexibility index (Phi) is 4.04. The number of hydrogen-bond donors (Lipinski definition) is 1. The number of carbonyl (C=O) groups excluding carboxylic acids is 1. The fourth-order valence-corrected chi connectivity index (χ4v) is 2.15. The smallest absolute Gasteiger partial charge is 0.222 e. The van der Waals surface area contributed by atoms with Gasteiger partial charge in [0.1, 0.15) is 0 Å². The Labute approximate surface area is 110 Å². The van der Waals surface area contributed by atoms with E-state index < -0.39 is 0 Å². The van der Waals surface area contributed by atoms with Crippen LogP contribution in [0, 0.1) is 5.92 Å². The van der Waals surface area contributed by atoms with E-state index in [9.17, 15) is 4.79 Å². The Balaban J connectivity index is 2.16. The minimum Gasteiger partial charge on any atom is -0.350 e. The van der Waals surface area contributed by atoms with Gasteiger partial charge in [0.15, 0.2) is 0 Å². The first-order valence-corrected chi connectivity index (χ1v) is 6.73. The largest absolute Gasteiger partial charge is 0.350 e. The van der Waals surface area contributed by atoms with Crippen molar-refractivity contribution in [1.82, 2.24) is 15.3 Å². The lowest BCUT2D eigenvalue weighted by Crippen LogP contribution is -2.27. The van der Waals surface area contributed by atoms with Crippen molar-refractivity contribution in [2.45, 2.75) is 20.4 Å². The Hall–Kier alpha value is -1.75. The minimum absolute atomic E-state index is 0.0220. The molecule has 0 saturated carbocycles. The third-order valence-corrected chi connectivity index (χ3v) is 3.21. The highest BCUT2D eigenvalue weighted by Gasteiger charge is 2.11. The summed E-state index contributed by atoms with van der Waals surface area (Å²) in [5, 5.41) is 6.89. The lowest BCUT2D eigenvalue weighted by molar-refractivity contribution is -0.124. The Morgan fingerprint density at radius 2 is 2.17 bits per heavy atom. The van der Waals surface area contributed by atoms with Crippen molar-refractivity contribution < 1.29 is 4.79 Å². The molecule has 94 valence electrons. The fraction of sp³-hybridized carbons (Fsp3) is 0.308. The summed E-state index contributed by atoms with van der Waals surface area (Å²) in [6.07, 6.45) is 3.31. The first kappa shape index (κ1) is 12.7. The number of nitrogens with zero attached hydrogens (tertiary/aromatic N) is 2. The first-order valence-electron chi connectivity index (χ1n) is 5.78. The summed E-state index contributed by atoms with van der Waals surface area (Å²) in [4.78, 5) is 20.2. The van der Waals surface area contributed by atoms with E-state index in [-0.39, 0.29) is 11.8 Å². The van der Waals surface area contributed by atoms with E-state index in [4.69, 9.17) is 0 Å². The van der Waals surface area contributed by atoms with Crippen LogP contribution in [0.25, 0.3) is 11.3 Å². The number of amides is 1. The van der Waals surface area contributed by atoms with Crippen molar-refractivity contribution in [1.29, 1.82) is 0 Å². The molecule has 2 aromatic heterocycles. The van der Waals surface area contributed by atoms with E-state index in [0.29, 0.717) is 6.54 Å². The zero-order valence-corrected chi connectivity index (χ0v) is 11.2. The van der Waals surface area contributed by atoms with Gasteiger partial charge >= 0.3 is 0 Å². The zero-order chi connectivity index (χ0) is 13.0. The number of aromatic nitrogens is 2. The average Bonchev–Trinajstić information content (AvgIpc) is 2.89. The van der Waals surface area contributed by atoms with E-state index >= 15 is 0 Å². The molecule has 2 rings (SSSR count). The van der Waals surface area contributed by atoms with Crippen LogP contribution in [0.3, 0.4) is 0 Å². The third-order valence-electron chi connectivity index (χ3n) is 2.52. The second-order valence-corrected chi connectivity index (χ2v) is 5.02. The van der Waals surface area contributed by atoms with Gasteiger partial charge in [0.2, 0.25) is 5.91 Å². The van der Waals surface area contributed by atoms with E-state index in [0.717, 1.165) is 17.0 Å². The number of thiophene rings is 1. The topological polar surface area (TPSA) is 54.9 Å². The van der Waals surface area contributed by atoms with Crippen LogP contribution in [-0.2, 0) is 11.3 Å². The van der Waals surface area contributed by atoms with Gasteiger partial charge in [-0.15, -0.1) is 0 Å². The third kappa shape index (κ3) is 2.92. The van der Waals surface area contributed by atoms with Gasteiger partial charge in [-0.25, -0.2) is 0 Å². The van der Waals surface area contributed by atoms with Gasteiger partial charge < -0.3 is 5.32 Å². The molecular weight excluding hydrogens is 246 g/mol. The molecule has 0 spiro atoms. The van der Waals surface area contributed by atoms with Crippen LogP contribution in [0.5, 0.6) is 0 Å². The molecule has 4 nitrogen and oxygen atoms in total. The van der Waals surface area contributed by atoms with Gasteiger partial charge in [-0.05, 0) is 11.4 Å². The van der Waals surface area contributed by atoms with Crippen LogP contribution in [0.4, 0.5) is 0 Å². The minimum atomic E-state index is -0.0220. The van der Waals surface area contributed by atoms with Gasteiger partial charge in [0, 0.05) is 29.3 Å². The predicted octanol–water partition coefficient (Wildman–Crippen LogP) is 2.48. The van der Waals surface area contributed by atoms with Crippen molar-refractivity contribution in [3.8, 4) is 11.3 Å². The standard InChI is InChI=1S/C13H15N3OS/c1-9(2)13(17)16-7-11-12(15-5-4-14-11)10-3-6-18-8-10/h3-6,8-9H,7H2,1-2H3,(H,16,17). The molecule has 0 radical (unpaired) electrons. The van der Waals surface area contributed by atoms with E-state index in [1.165, 1.54) is 0 Å². The van der Waals surface area contributed by atoms with E-state index in [1.54, 1.807) is 23.7 Å². The summed E-state index contributed by atoms with van der Waals surface area (Å²) in [5.41, 5.74) is 2.68. The van der Waals surface area contributed by atoms with Crippen molar-refractivity contribution >= 4 is 17.2 Å². The van der Waals surface area contributed by atoms with Gasteiger partial charge in [0.25, 0.3) is 0 Å². The number of nitrogens with one attached hydrogen (secondary N) is 1. The molecule has 5 heteroatoms. The molecule has 0 aromatic carbocycles. The molecule has 0 atom stereocenters. The molecular formula is C13H15N3OS. The van der Waals surface area contributed by atoms with Crippen molar-refractivity contribution in [3.63, 3.8) is 0 Å². The highest BCUT2D eigenvalue weighted by atomic mass is 32.1. The molecule has 1 N–H and O–H groups in total. The fourth-order valence-electron chi connectivity index (χ4n) is 1.51. The molecule has 1 amide bonds. The van der Waals surface area contributed by atoms with Crippen LogP contribution in [-0.4, -0.2) is 15.9 Å². The van der Waals surface area contributed by atoms with Crippen molar-refractivity contribution in [2.24, 2.45) is 5.92 Å². The van der Waals surface area contributed by atoms with Gasteiger partial charge in [-0.2, -0.15) is 11.3 Å². The maximum atomic E-state index is 11.6. The maximum absolute atomic E-state index is 11.6. The molecule has 0 saturated heterocycles. The zero-order valence-electron chi connectivity index (χ0n) is 10.4. The predicted molar refractivity (Wildman–Crippen MR) is 72.0 cm³/mol. The van der Waals surface area contributed by atoms with Crippen LogP contribution in [0.15, 0.2) is 29.2 Å². The van der Waals surface area contributed by atoms with Crippen molar-refractivity contribution in [3.05, 3.63) is 34.9 Å². The highest BCUT2D eigenvalue weighted by molar-refractivity contribution is 7.08. The van der Waals surface area contributed by atoms with E-state index in [2.05, 4.69) is 15.3 Å². The summed E-state index contributed by atoms with van der Waals surface area (Å²) >= 11 is 1.62. The molecule has 0 bridgehead atoms. The van der Waals surface area contributed by atoms with Gasteiger partial charge in [-0.1, -0.05) is 13.8 Å². The highest BCUT2D eigenvalue weighted by Crippen LogP contribution is 2.22. The summed E-state index contributed by atoms with van der Waals surface area (Å²) in [6, 6.07) is 2.00. The molecule has 18 heavy (non-hydrogen) atoms. The maximum Gasteiger partial charge on any atom is 0.222 e. The summed E-state index contributed by atoms with van der Waals surface area (Å²) in [7, 11) is 0. The average molecular weight is 261 g/mol. The molecule has 0 aliphatic carbocycles. The molecule has 2 aromatic rings. The van der Waals surface area contributed by atoms with E-state index in [1.807, 2.05) is 30.7 Å². The molecule has 0 unspecified atom stereocenters. The Morgan fingerprint density at radius 3 is 2.83 bits per heavy atom. The van der Waals surface area contributed by atoms with Crippen LogP contribution >= 0.6 is 11.3 Å². The van der Waals surface area contributed by atoms with Crippen molar-refractivity contribution in [2.75, 3.05) is 0 Å². The molecule has 0 aliphatic heterocycles. The number of carbonyl (C=O) groups is 1. The molecule has 0 aliphatic rings. The Morgan fingerprint density at radius 1 is 1.39 bits per heavy atom. The molecule has 0 fully saturated rings. The summed E-state index contributed by atoms with van der Waals surface area (Å²) in [5.74, 6) is 0.00295. The monoisotopic (exact) mass is 261 g/mol. The SMILES string of the molecule is CC(C)C(=O)NCc1nccnc1-c1ccsc1. The summed E-state index contributed by atoms with van der Waals surface area (Å²) in [6.45, 7) is 4.15. The number of rotatable bonds is 4. The first-order chi connectivity index (χ1) is 8.68. The number of hydrogen-bond acceptors (Lipinski definition) is 4. The summed E-state index contributed by atoms with van der Waals surface area (Å²) < 4.78 is 0. The van der Waals surface area contributed by atoms with Gasteiger partial charge in [-0.3, -0.25) is 14.8 Å². The second kappa shape index (κ2) is 5.73. The second-order valence-electron chi connectivity index (χ2n) is 4.24. The van der Waals surface area contributed by atoms with Crippen LogP contribution in [0.2, 0.25) is 0 Å². The lowest BCUT2D eigenvalue weighted by atomic mass is 10.1. The van der Waals surface area contributed by atoms with Crippen LogP contribution in [0.1, 0.15) is 19.5 Å². The van der Waals surface area contributed by atoms with Crippen LogP contribution < -0.4 is 5.32 Å². The van der Waals surface area contributed by atoms with Gasteiger partial charge in [0.05, 0.1) is 17.9 Å².